The van der Waals surface area contributed by atoms with Gasteiger partial charge in [0.15, 0.2) is 0 Å². The van der Waals surface area contributed by atoms with E-state index in [4.69, 9.17) is 13.3 Å². The summed E-state index contributed by atoms with van der Waals surface area (Å²) in [5.41, 5.74) is 0. The summed E-state index contributed by atoms with van der Waals surface area (Å²) in [7, 11) is -6.93. The summed E-state index contributed by atoms with van der Waals surface area (Å²) in [5, 5.41) is 5.15. The normalized spacial score (nSPS) is 11.7. The van der Waals surface area contributed by atoms with Crippen LogP contribution in [0.25, 0.3) is 0 Å². The Morgan fingerprint density at radius 2 is 1.40 bits per heavy atom. The minimum Gasteiger partial charge on any atom is -0.748 e. The minimum absolute atomic E-state index is 0. The Morgan fingerprint density at radius 1 is 0.960 bits per heavy atom. The zero-order chi connectivity index (χ0) is 18.5. The van der Waals surface area contributed by atoms with Gasteiger partial charge in [-0.2, -0.15) is 0 Å². The number of amides is 2. The molecular formula is C13H29N2NaO7SSi. The second-order valence-electron chi connectivity index (χ2n) is 4.88. The number of carbonyl (C=O) groups excluding carboxylic acids is 1. The molecule has 0 aliphatic heterocycles. The average Bonchev–Trinajstić information content (AvgIpc) is 2.48. The summed E-state index contributed by atoms with van der Waals surface area (Å²) in [5.74, 6) is -0.488. The summed E-state index contributed by atoms with van der Waals surface area (Å²) < 4.78 is 48.4. The van der Waals surface area contributed by atoms with E-state index < -0.39 is 30.7 Å². The minimum atomic E-state index is -4.23. The van der Waals surface area contributed by atoms with Crippen LogP contribution in [-0.2, 0) is 23.4 Å². The van der Waals surface area contributed by atoms with Gasteiger partial charge in [0.1, 0.15) is 0 Å². The van der Waals surface area contributed by atoms with Crippen LogP contribution in [0.2, 0.25) is 6.04 Å². The first-order valence-electron chi connectivity index (χ1n) is 8.15. The predicted octanol–water partition coefficient (Wildman–Crippen LogP) is -2.34. The van der Waals surface area contributed by atoms with Crippen LogP contribution in [-0.4, -0.2) is 66.5 Å². The quantitative estimate of drug-likeness (QED) is 0.187. The van der Waals surface area contributed by atoms with Gasteiger partial charge in [-0.3, -0.25) is 0 Å². The van der Waals surface area contributed by atoms with Crippen molar-refractivity contribution in [2.24, 2.45) is 0 Å². The molecule has 0 unspecified atom stereocenters. The molecule has 9 nitrogen and oxygen atoms in total. The van der Waals surface area contributed by atoms with Crippen molar-refractivity contribution in [2.45, 2.75) is 39.7 Å². The van der Waals surface area contributed by atoms with E-state index in [2.05, 4.69) is 10.6 Å². The Labute approximate surface area is 174 Å². The fourth-order valence-electron chi connectivity index (χ4n) is 2.02. The van der Waals surface area contributed by atoms with Crippen molar-refractivity contribution in [3.8, 4) is 0 Å². The van der Waals surface area contributed by atoms with Crippen LogP contribution < -0.4 is 40.2 Å². The van der Waals surface area contributed by atoms with Gasteiger partial charge in [0.05, 0.1) is 10.1 Å². The smallest absolute Gasteiger partial charge is 0.748 e. The van der Waals surface area contributed by atoms with Crippen LogP contribution in [0, 0.1) is 0 Å². The molecule has 0 atom stereocenters. The number of hydrogen-bond donors (Lipinski definition) is 2. The van der Waals surface area contributed by atoms with E-state index in [1.807, 2.05) is 20.8 Å². The molecule has 0 aromatic carbocycles. The fourth-order valence-corrected chi connectivity index (χ4v) is 5.13. The average molecular weight is 409 g/mol. The molecule has 2 amide bonds. The fraction of sp³-hybridized carbons (Fsp3) is 0.923. The molecule has 0 bridgehead atoms. The Kier molecular flexibility index (Phi) is 16.9. The predicted molar refractivity (Wildman–Crippen MR) is 90.6 cm³/mol. The van der Waals surface area contributed by atoms with Gasteiger partial charge >= 0.3 is 44.4 Å². The van der Waals surface area contributed by atoms with E-state index in [1.54, 1.807) is 0 Å². The van der Waals surface area contributed by atoms with Crippen molar-refractivity contribution < 1.29 is 60.6 Å². The monoisotopic (exact) mass is 408 g/mol. The van der Waals surface area contributed by atoms with Gasteiger partial charge in [0.25, 0.3) is 0 Å². The molecule has 0 aromatic rings. The first-order valence-corrected chi connectivity index (χ1v) is 11.7. The van der Waals surface area contributed by atoms with Crippen LogP contribution in [0.3, 0.4) is 0 Å². The molecule has 0 aliphatic rings. The maximum Gasteiger partial charge on any atom is 1.00 e. The summed E-state index contributed by atoms with van der Waals surface area (Å²) in [6.07, 6.45) is 0.725. The Bertz CT molecular complexity index is 437. The topological polar surface area (TPSA) is 126 Å². The van der Waals surface area contributed by atoms with Gasteiger partial charge in [-0.1, -0.05) is 0 Å². The number of carbonyl (C=O) groups is 1. The van der Waals surface area contributed by atoms with E-state index in [0.29, 0.717) is 38.8 Å². The Hall–Kier alpha value is 0.277. The molecule has 0 aliphatic carbocycles. The summed E-state index contributed by atoms with van der Waals surface area (Å²) in [4.78, 5) is 11.5. The summed E-state index contributed by atoms with van der Waals surface area (Å²) in [6, 6.07) is 0.187. The van der Waals surface area contributed by atoms with Crippen molar-refractivity contribution in [1.29, 1.82) is 0 Å². The molecule has 0 saturated carbocycles. The van der Waals surface area contributed by atoms with E-state index in [9.17, 15) is 17.8 Å². The van der Waals surface area contributed by atoms with E-state index >= 15 is 0 Å². The SMILES string of the molecule is CCO[Si](CCCNC(=O)NCCCS(=O)(=O)[O-])(OCC)OCC.[Na+]. The summed E-state index contributed by atoms with van der Waals surface area (Å²) >= 11 is 0. The van der Waals surface area contributed by atoms with Gasteiger partial charge in [0, 0.05) is 44.7 Å². The first kappa shape index (κ1) is 27.5. The molecule has 12 heteroatoms. The molecular weight excluding hydrogens is 379 g/mol. The van der Waals surface area contributed by atoms with Crippen LogP contribution in [0.1, 0.15) is 33.6 Å². The molecule has 0 spiro atoms. The van der Waals surface area contributed by atoms with Crippen LogP contribution in [0.15, 0.2) is 0 Å². The molecule has 0 fully saturated rings. The second-order valence-corrected chi connectivity index (χ2v) is 9.14. The molecule has 0 radical (unpaired) electrons. The van der Waals surface area contributed by atoms with Gasteiger partial charge in [-0.25, -0.2) is 13.2 Å². The van der Waals surface area contributed by atoms with E-state index in [0.717, 1.165) is 0 Å². The van der Waals surface area contributed by atoms with Gasteiger partial charge < -0.3 is 28.5 Å². The van der Waals surface area contributed by atoms with Crippen LogP contribution in [0.4, 0.5) is 4.79 Å². The van der Waals surface area contributed by atoms with Crippen LogP contribution in [0.5, 0.6) is 0 Å². The Morgan fingerprint density at radius 3 is 1.80 bits per heavy atom. The number of rotatable bonds is 14. The van der Waals surface area contributed by atoms with Gasteiger partial charge in [-0.15, -0.1) is 0 Å². The van der Waals surface area contributed by atoms with E-state index in [-0.39, 0.29) is 42.5 Å². The second kappa shape index (κ2) is 15.3. The van der Waals surface area contributed by atoms with Crippen molar-refractivity contribution in [1.82, 2.24) is 10.6 Å². The third-order valence-corrected chi connectivity index (χ3v) is 6.83. The molecule has 0 aromatic heterocycles. The number of nitrogens with one attached hydrogen (secondary N) is 2. The molecule has 25 heavy (non-hydrogen) atoms. The van der Waals surface area contributed by atoms with Crippen molar-refractivity contribution in [3.05, 3.63) is 0 Å². The standard InChI is InChI=1S/C13H30N2O7SSi.Na/c1-4-20-24(21-5-2,22-6-3)12-8-10-15-13(16)14-9-7-11-23(17,18)19;/h4-12H2,1-3H3,(H2,14,15,16)(H,17,18,19);/q;+1/p-1. The zero-order valence-electron chi connectivity index (χ0n) is 15.6. The number of urea groups is 1. The van der Waals surface area contributed by atoms with Crippen molar-refractivity contribution >= 4 is 25.0 Å². The van der Waals surface area contributed by atoms with Crippen molar-refractivity contribution in [2.75, 3.05) is 38.7 Å². The third-order valence-electron chi connectivity index (χ3n) is 2.89. The van der Waals surface area contributed by atoms with Crippen LogP contribution >= 0.6 is 0 Å². The molecule has 2 N–H and O–H groups in total. The third kappa shape index (κ3) is 15.1. The maximum atomic E-state index is 11.5. The Balaban J connectivity index is 0. The molecule has 0 saturated heterocycles. The zero-order valence-corrected chi connectivity index (χ0v) is 19.4. The molecule has 0 rings (SSSR count). The maximum absolute atomic E-state index is 11.5. The van der Waals surface area contributed by atoms with Gasteiger partial charge in [0.2, 0.25) is 0 Å². The molecule has 144 valence electrons. The van der Waals surface area contributed by atoms with Crippen molar-refractivity contribution in [3.63, 3.8) is 0 Å². The van der Waals surface area contributed by atoms with Gasteiger partial charge in [-0.05, 0) is 33.6 Å². The summed E-state index contributed by atoms with van der Waals surface area (Å²) in [6.45, 7) is 7.69. The van der Waals surface area contributed by atoms with E-state index in [1.165, 1.54) is 0 Å². The number of hydrogen-bond acceptors (Lipinski definition) is 7. The molecule has 0 heterocycles. The largest absolute Gasteiger partial charge is 1.00 e. The first-order chi connectivity index (χ1) is 11.3.